The summed E-state index contributed by atoms with van der Waals surface area (Å²) in [5, 5.41) is 20.2. The van der Waals surface area contributed by atoms with E-state index < -0.39 is 6.04 Å². The number of nitrogens with zero attached hydrogens (tertiary/aromatic N) is 3. The fourth-order valence-electron chi connectivity index (χ4n) is 4.09. The van der Waals surface area contributed by atoms with Crippen LogP contribution in [-0.2, 0) is 11.4 Å². The fourth-order valence-corrected chi connectivity index (χ4v) is 4.09. The SMILES string of the molecule is COc1ccc(NC(=O)C2=C(C)Nc3nc(CO)nn3C2c2ccc3c(c2)OCCCO3)cc1. The number of fused-ring (bicyclic) bond motifs is 2. The third kappa shape index (κ3) is 4.03. The summed E-state index contributed by atoms with van der Waals surface area (Å²) in [6.45, 7) is 2.63. The molecule has 2 aromatic carbocycles. The molecule has 10 heteroatoms. The molecule has 0 saturated heterocycles. The van der Waals surface area contributed by atoms with E-state index >= 15 is 0 Å². The largest absolute Gasteiger partial charge is 0.497 e. The van der Waals surface area contributed by atoms with Crippen LogP contribution >= 0.6 is 0 Å². The van der Waals surface area contributed by atoms with E-state index in [1.54, 1.807) is 36.1 Å². The number of carbonyl (C=O) groups excluding carboxylic acids is 1. The summed E-state index contributed by atoms with van der Waals surface area (Å²) < 4.78 is 18.5. The first-order valence-corrected chi connectivity index (χ1v) is 11.0. The van der Waals surface area contributed by atoms with Crippen molar-refractivity contribution in [1.29, 1.82) is 0 Å². The van der Waals surface area contributed by atoms with E-state index in [4.69, 9.17) is 14.2 Å². The third-order valence-electron chi connectivity index (χ3n) is 5.72. The van der Waals surface area contributed by atoms with Crippen LogP contribution in [-0.4, -0.2) is 46.1 Å². The number of aliphatic hydroxyl groups excluding tert-OH is 1. The first-order chi connectivity index (χ1) is 16.6. The number of hydrogen-bond acceptors (Lipinski definition) is 8. The summed E-state index contributed by atoms with van der Waals surface area (Å²) in [4.78, 5) is 17.9. The van der Waals surface area contributed by atoms with Gasteiger partial charge < -0.3 is 30.0 Å². The van der Waals surface area contributed by atoms with Gasteiger partial charge >= 0.3 is 0 Å². The zero-order valence-corrected chi connectivity index (χ0v) is 18.9. The van der Waals surface area contributed by atoms with Gasteiger partial charge in [0.1, 0.15) is 18.4 Å². The zero-order valence-electron chi connectivity index (χ0n) is 18.9. The molecule has 1 atom stereocenters. The normalized spacial score (nSPS) is 16.9. The van der Waals surface area contributed by atoms with Gasteiger partial charge in [0.15, 0.2) is 17.3 Å². The number of allylic oxidation sites excluding steroid dienone is 1. The van der Waals surface area contributed by atoms with Crippen molar-refractivity contribution in [3.63, 3.8) is 0 Å². The van der Waals surface area contributed by atoms with Gasteiger partial charge in [-0.2, -0.15) is 10.1 Å². The Morgan fingerprint density at radius 1 is 1.21 bits per heavy atom. The first kappa shape index (κ1) is 21.8. The van der Waals surface area contributed by atoms with Gasteiger partial charge in [-0.1, -0.05) is 6.07 Å². The summed E-state index contributed by atoms with van der Waals surface area (Å²) in [5.41, 5.74) is 2.50. The van der Waals surface area contributed by atoms with Gasteiger partial charge in [-0.05, 0) is 48.9 Å². The molecule has 5 rings (SSSR count). The standard InChI is InChI=1S/C24H25N5O5/c1-14-21(23(31)26-16-5-7-17(32-2)8-6-16)22(29-24(25-14)27-20(13-30)28-29)15-4-9-18-19(12-15)34-11-3-10-33-18/h4-9,12,22,30H,3,10-11,13H2,1-2H3,(H,26,31)(H,25,27,28). The summed E-state index contributed by atoms with van der Waals surface area (Å²) in [7, 11) is 1.59. The molecule has 3 heterocycles. The van der Waals surface area contributed by atoms with Crippen LogP contribution in [0.1, 0.15) is 30.8 Å². The van der Waals surface area contributed by atoms with Crippen LogP contribution in [0.5, 0.6) is 17.2 Å². The van der Waals surface area contributed by atoms with E-state index in [9.17, 15) is 9.90 Å². The van der Waals surface area contributed by atoms with Gasteiger partial charge in [0, 0.05) is 17.8 Å². The highest BCUT2D eigenvalue weighted by atomic mass is 16.5. The van der Waals surface area contributed by atoms with Crippen LogP contribution in [0.15, 0.2) is 53.7 Å². The molecule has 1 amide bonds. The molecule has 0 spiro atoms. The molecule has 2 aliphatic rings. The first-order valence-electron chi connectivity index (χ1n) is 11.0. The van der Waals surface area contributed by atoms with E-state index in [0.29, 0.717) is 53.4 Å². The van der Waals surface area contributed by atoms with E-state index in [0.717, 1.165) is 12.0 Å². The number of anilines is 2. The van der Waals surface area contributed by atoms with Gasteiger partial charge in [0.25, 0.3) is 5.91 Å². The van der Waals surface area contributed by atoms with Crippen LogP contribution in [0.4, 0.5) is 11.6 Å². The number of nitrogens with one attached hydrogen (secondary N) is 2. The number of carbonyl (C=O) groups is 1. The Labute approximate surface area is 196 Å². The maximum absolute atomic E-state index is 13.5. The molecule has 10 nitrogen and oxygen atoms in total. The summed E-state index contributed by atoms with van der Waals surface area (Å²) >= 11 is 0. The van der Waals surface area contributed by atoms with Gasteiger partial charge in [0.2, 0.25) is 5.95 Å². The Hall–Kier alpha value is -4.05. The molecule has 3 aromatic rings. The van der Waals surface area contributed by atoms with Crippen molar-refractivity contribution in [3.05, 3.63) is 65.1 Å². The highest BCUT2D eigenvalue weighted by Gasteiger charge is 2.35. The molecule has 2 aliphatic heterocycles. The molecule has 0 aliphatic carbocycles. The molecule has 1 unspecified atom stereocenters. The van der Waals surface area contributed by atoms with Crippen molar-refractivity contribution in [2.45, 2.75) is 26.0 Å². The smallest absolute Gasteiger partial charge is 0.255 e. The van der Waals surface area contributed by atoms with Crippen LogP contribution < -0.4 is 24.8 Å². The topological polar surface area (TPSA) is 120 Å². The highest BCUT2D eigenvalue weighted by molar-refractivity contribution is 6.06. The summed E-state index contributed by atoms with van der Waals surface area (Å²) in [6, 6.07) is 12.1. The lowest BCUT2D eigenvalue weighted by atomic mass is 9.94. The molecular weight excluding hydrogens is 438 g/mol. The number of benzene rings is 2. The number of rotatable bonds is 5. The predicted octanol–water partition coefficient (Wildman–Crippen LogP) is 2.87. The van der Waals surface area contributed by atoms with E-state index in [1.165, 1.54) is 0 Å². The minimum absolute atomic E-state index is 0.256. The Morgan fingerprint density at radius 3 is 2.71 bits per heavy atom. The highest BCUT2D eigenvalue weighted by Crippen LogP contribution is 2.39. The third-order valence-corrected chi connectivity index (χ3v) is 5.72. The average molecular weight is 463 g/mol. The van der Waals surface area contributed by atoms with Gasteiger partial charge in [-0.25, -0.2) is 4.68 Å². The summed E-state index contributed by atoms with van der Waals surface area (Å²) in [5.74, 6) is 2.38. The second kappa shape index (κ2) is 9.06. The zero-order chi connectivity index (χ0) is 23.7. The lowest BCUT2D eigenvalue weighted by Gasteiger charge is -2.29. The molecule has 176 valence electrons. The van der Waals surface area contributed by atoms with Crippen molar-refractivity contribution in [2.24, 2.45) is 0 Å². The van der Waals surface area contributed by atoms with Crippen LogP contribution in [0.3, 0.4) is 0 Å². The number of methoxy groups -OCH3 is 1. The monoisotopic (exact) mass is 463 g/mol. The van der Waals surface area contributed by atoms with Crippen LogP contribution in [0, 0.1) is 0 Å². The molecule has 0 saturated carbocycles. The maximum atomic E-state index is 13.5. The van der Waals surface area contributed by atoms with E-state index in [-0.39, 0.29) is 18.3 Å². The second-order valence-electron chi connectivity index (χ2n) is 7.96. The number of ether oxygens (including phenoxy) is 3. The second-order valence-corrected chi connectivity index (χ2v) is 7.96. The lowest BCUT2D eigenvalue weighted by Crippen LogP contribution is -2.31. The maximum Gasteiger partial charge on any atom is 0.255 e. The van der Waals surface area contributed by atoms with Gasteiger partial charge in [-0.3, -0.25) is 4.79 Å². The summed E-state index contributed by atoms with van der Waals surface area (Å²) in [6.07, 6.45) is 0.791. The minimum Gasteiger partial charge on any atom is -0.497 e. The fraction of sp³-hybridized carbons (Fsp3) is 0.292. The van der Waals surface area contributed by atoms with Crippen molar-refractivity contribution in [1.82, 2.24) is 14.8 Å². The van der Waals surface area contributed by atoms with Gasteiger partial charge in [0.05, 0.1) is 25.9 Å². The van der Waals surface area contributed by atoms with E-state index in [1.807, 2.05) is 25.1 Å². The number of hydrogen-bond donors (Lipinski definition) is 3. The van der Waals surface area contributed by atoms with Crippen LogP contribution in [0.2, 0.25) is 0 Å². The molecule has 0 fully saturated rings. The Morgan fingerprint density at radius 2 is 1.97 bits per heavy atom. The Balaban J connectivity index is 1.56. The van der Waals surface area contributed by atoms with E-state index in [2.05, 4.69) is 20.7 Å². The number of amides is 1. The molecule has 34 heavy (non-hydrogen) atoms. The molecular formula is C24H25N5O5. The Bertz CT molecular complexity index is 1250. The average Bonchev–Trinajstić information content (AvgIpc) is 3.11. The van der Waals surface area contributed by atoms with Crippen LogP contribution in [0.25, 0.3) is 0 Å². The molecule has 1 aromatic heterocycles. The predicted molar refractivity (Wildman–Crippen MR) is 124 cm³/mol. The van der Waals surface area contributed by atoms with Gasteiger partial charge in [-0.15, -0.1) is 0 Å². The van der Waals surface area contributed by atoms with Crippen molar-refractivity contribution < 1.29 is 24.1 Å². The minimum atomic E-state index is -0.598. The van der Waals surface area contributed by atoms with Crippen molar-refractivity contribution >= 4 is 17.5 Å². The quantitative estimate of drug-likeness (QED) is 0.528. The Kier molecular flexibility index (Phi) is 5.81. The number of aromatic nitrogens is 3. The van der Waals surface area contributed by atoms with Crippen molar-refractivity contribution in [3.8, 4) is 17.2 Å². The molecule has 3 N–H and O–H groups in total. The lowest BCUT2D eigenvalue weighted by molar-refractivity contribution is -0.113. The van der Waals surface area contributed by atoms with Crippen molar-refractivity contribution in [2.75, 3.05) is 31.0 Å². The molecule has 0 radical (unpaired) electrons. The molecule has 0 bridgehead atoms. The number of aliphatic hydroxyl groups is 1.